The highest BCUT2D eigenvalue weighted by atomic mass is 16.3. The fourth-order valence-electron chi connectivity index (χ4n) is 2.43. The first-order valence-electron chi connectivity index (χ1n) is 7.48. The van der Waals surface area contributed by atoms with Crippen molar-refractivity contribution < 1.29 is 9.90 Å². The van der Waals surface area contributed by atoms with Crippen LogP contribution in [0.3, 0.4) is 0 Å². The van der Waals surface area contributed by atoms with Gasteiger partial charge in [0.05, 0.1) is 17.4 Å². The van der Waals surface area contributed by atoms with Gasteiger partial charge in [0.15, 0.2) is 0 Å². The van der Waals surface area contributed by atoms with Crippen LogP contribution in [0.5, 0.6) is 0 Å². The summed E-state index contributed by atoms with van der Waals surface area (Å²) in [6, 6.07) is 11.0. The molecule has 0 spiro atoms. The molecule has 3 N–H and O–H groups in total. The zero-order chi connectivity index (χ0) is 16.1. The van der Waals surface area contributed by atoms with Gasteiger partial charge in [-0.05, 0) is 36.8 Å². The minimum Gasteiger partial charge on any atom is -0.396 e. The average molecular weight is 310 g/mol. The van der Waals surface area contributed by atoms with Crippen LogP contribution in [-0.2, 0) is 6.42 Å². The third-order valence-electron chi connectivity index (χ3n) is 3.72. The van der Waals surface area contributed by atoms with Crippen LogP contribution < -0.4 is 5.32 Å². The van der Waals surface area contributed by atoms with Crippen molar-refractivity contribution in [2.75, 3.05) is 13.2 Å². The molecule has 118 valence electrons. The molecule has 0 saturated heterocycles. The van der Waals surface area contributed by atoms with E-state index in [-0.39, 0.29) is 18.4 Å². The summed E-state index contributed by atoms with van der Waals surface area (Å²) in [6.45, 7) is 0.392. The first kappa shape index (κ1) is 15.2. The number of amides is 1. The largest absolute Gasteiger partial charge is 0.396 e. The Bertz CT molecular complexity index is 785. The summed E-state index contributed by atoms with van der Waals surface area (Å²) in [6.07, 6.45) is 3.94. The maximum atomic E-state index is 12.2. The maximum absolute atomic E-state index is 12.2. The number of H-pyrrole nitrogens is 1. The predicted octanol–water partition coefficient (Wildman–Crippen LogP) is 1.54. The number of nitrogens with one attached hydrogen (secondary N) is 2. The van der Waals surface area contributed by atoms with E-state index in [2.05, 4.69) is 20.3 Å². The van der Waals surface area contributed by atoms with Crippen LogP contribution in [0.1, 0.15) is 16.1 Å². The standard InChI is InChI=1S/C17H18N4O2/c22-10-12(7-14-3-1-2-6-18-14)9-19-17(23)13-4-5-15-16(8-13)21-11-20-15/h1-6,8,11-12,22H,7,9-10H2,(H,19,23)(H,20,21). The van der Waals surface area contributed by atoms with Gasteiger partial charge in [0, 0.05) is 36.5 Å². The van der Waals surface area contributed by atoms with Crippen molar-refractivity contribution in [1.82, 2.24) is 20.3 Å². The lowest BCUT2D eigenvalue weighted by molar-refractivity contribution is 0.0940. The number of carbonyl (C=O) groups is 1. The van der Waals surface area contributed by atoms with E-state index >= 15 is 0 Å². The quantitative estimate of drug-likeness (QED) is 0.644. The van der Waals surface area contributed by atoms with Crippen LogP contribution in [0.2, 0.25) is 0 Å². The van der Waals surface area contributed by atoms with Gasteiger partial charge in [0.25, 0.3) is 5.91 Å². The van der Waals surface area contributed by atoms with E-state index in [1.807, 2.05) is 18.2 Å². The molecule has 6 heteroatoms. The Morgan fingerprint density at radius 2 is 2.17 bits per heavy atom. The Balaban J connectivity index is 1.60. The second-order valence-electron chi connectivity index (χ2n) is 5.42. The molecule has 1 amide bonds. The topological polar surface area (TPSA) is 90.9 Å². The number of pyridine rings is 1. The smallest absolute Gasteiger partial charge is 0.251 e. The van der Waals surface area contributed by atoms with Crippen molar-refractivity contribution in [3.05, 3.63) is 60.2 Å². The molecule has 0 bridgehead atoms. The Morgan fingerprint density at radius 1 is 1.26 bits per heavy atom. The molecule has 23 heavy (non-hydrogen) atoms. The van der Waals surface area contributed by atoms with E-state index in [0.29, 0.717) is 18.5 Å². The number of benzene rings is 1. The number of nitrogens with zero attached hydrogens (tertiary/aromatic N) is 2. The van der Waals surface area contributed by atoms with Crippen molar-refractivity contribution in [1.29, 1.82) is 0 Å². The van der Waals surface area contributed by atoms with Gasteiger partial charge in [0.2, 0.25) is 0 Å². The third-order valence-corrected chi connectivity index (χ3v) is 3.72. The zero-order valence-corrected chi connectivity index (χ0v) is 12.6. The van der Waals surface area contributed by atoms with Gasteiger partial charge in [-0.2, -0.15) is 0 Å². The Kier molecular flexibility index (Phi) is 4.63. The normalized spacial score (nSPS) is 12.2. The van der Waals surface area contributed by atoms with Crippen LogP contribution in [0.25, 0.3) is 11.0 Å². The van der Waals surface area contributed by atoms with Gasteiger partial charge in [-0.25, -0.2) is 4.98 Å². The number of fused-ring (bicyclic) bond motifs is 1. The minimum atomic E-state index is -0.166. The Labute approximate surface area is 133 Å². The van der Waals surface area contributed by atoms with E-state index in [4.69, 9.17) is 0 Å². The molecular weight excluding hydrogens is 292 g/mol. The third kappa shape index (κ3) is 3.73. The Morgan fingerprint density at radius 3 is 2.96 bits per heavy atom. The lowest BCUT2D eigenvalue weighted by Crippen LogP contribution is -2.32. The van der Waals surface area contributed by atoms with Gasteiger partial charge >= 0.3 is 0 Å². The number of hydrogen-bond acceptors (Lipinski definition) is 4. The van der Waals surface area contributed by atoms with Crippen molar-refractivity contribution in [2.45, 2.75) is 6.42 Å². The highest BCUT2D eigenvalue weighted by Gasteiger charge is 2.13. The molecule has 2 heterocycles. The van der Waals surface area contributed by atoms with Crippen molar-refractivity contribution >= 4 is 16.9 Å². The Hall–Kier alpha value is -2.73. The van der Waals surface area contributed by atoms with E-state index in [1.165, 1.54) is 0 Å². The summed E-state index contributed by atoms with van der Waals surface area (Å²) in [5.74, 6) is -0.231. The molecule has 0 radical (unpaired) electrons. The lowest BCUT2D eigenvalue weighted by Gasteiger charge is -2.14. The van der Waals surface area contributed by atoms with Gasteiger partial charge < -0.3 is 15.4 Å². The molecule has 0 aliphatic carbocycles. The first-order valence-corrected chi connectivity index (χ1v) is 7.48. The number of hydrogen-bond donors (Lipinski definition) is 3. The molecule has 2 aromatic heterocycles. The molecule has 3 rings (SSSR count). The lowest BCUT2D eigenvalue weighted by atomic mass is 10.0. The number of aromatic nitrogens is 3. The van der Waals surface area contributed by atoms with Crippen molar-refractivity contribution in [3.8, 4) is 0 Å². The van der Waals surface area contributed by atoms with Crippen LogP contribution in [0.4, 0.5) is 0 Å². The molecule has 1 atom stereocenters. The number of aliphatic hydroxyl groups excluding tert-OH is 1. The van der Waals surface area contributed by atoms with Gasteiger partial charge in [0.1, 0.15) is 0 Å². The molecule has 0 aliphatic heterocycles. The van der Waals surface area contributed by atoms with Crippen LogP contribution in [0, 0.1) is 5.92 Å². The van der Waals surface area contributed by atoms with Crippen LogP contribution in [-0.4, -0.2) is 39.1 Å². The van der Waals surface area contributed by atoms with Crippen molar-refractivity contribution in [3.63, 3.8) is 0 Å². The average Bonchev–Trinajstić information content (AvgIpc) is 3.06. The van der Waals surface area contributed by atoms with E-state index in [0.717, 1.165) is 16.7 Å². The van der Waals surface area contributed by atoms with Gasteiger partial charge in [-0.3, -0.25) is 9.78 Å². The minimum absolute atomic E-state index is 0.00353. The van der Waals surface area contributed by atoms with E-state index < -0.39 is 0 Å². The summed E-state index contributed by atoms with van der Waals surface area (Å²) in [7, 11) is 0. The SMILES string of the molecule is O=C(NCC(CO)Cc1ccccn1)c1ccc2nc[nH]c2c1. The number of aliphatic hydroxyl groups is 1. The highest BCUT2D eigenvalue weighted by Crippen LogP contribution is 2.12. The maximum Gasteiger partial charge on any atom is 0.251 e. The number of imidazole rings is 1. The summed E-state index contributed by atoms with van der Waals surface area (Å²) < 4.78 is 0. The highest BCUT2D eigenvalue weighted by molar-refractivity contribution is 5.97. The van der Waals surface area contributed by atoms with E-state index in [9.17, 15) is 9.90 Å². The molecule has 1 aromatic carbocycles. The molecule has 0 aliphatic rings. The van der Waals surface area contributed by atoms with Gasteiger partial charge in [-0.1, -0.05) is 6.07 Å². The second-order valence-corrected chi connectivity index (χ2v) is 5.42. The number of rotatable bonds is 6. The summed E-state index contributed by atoms with van der Waals surface area (Å²) >= 11 is 0. The predicted molar refractivity (Wildman–Crippen MR) is 86.9 cm³/mol. The van der Waals surface area contributed by atoms with Crippen molar-refractivity contribution in [2.24, 2.45) is 5.92 Å². The molecule has 0 fully saturated rings. The monoisotopic (exact) mass is 310 g/mol. The van der Waals surface area contributed by atoms with Crippen LogP contribution in [0.15, 0.2) is 48.9 Å². The number of aromatic amines is 1. The van der Waals surface area contributed by atoms with E-state index in [1.54, 1.807) is 30.7 Å². The number of carbonyl (C=O) groups excluding carboxylic acids is 1. The molecule has 6 nitrogen and oxygen atoms in total. The van der Waals surface area contributed by atoms with Crippen LogP contribution >= 0.6 is 0 Å². The summed E-state index contributed by atoms with van der Waals surface area (Å²) in [4.78, 5) is 23.6. The van der Waals surface area contributed by atoms with Gasteiger partial charge in [-0.15, -0.1) is 0 Å². The molecular formula is C17H18N4O2. The molecule has 0 saturated carbocycles. The second kappa shape index (κ2) is 7.02. The summed E-state index contributed by atoms with van der Waals surface area (Å²) in [5, 5.41) is 12.4. The molecule has 1 unspecified atom stereocenters. The zero-order valence-electron chi connectivity index (χ0n) is 12.6. The fraction of sp³-hybridized carbons (Fsp3) is 0.235. The first-order chi connectivity index (χ1) is 11.3. The fourth-order valence-corrected chi connectivity index (χ4v) is 2.43. The summed E-state index contributed by atoms with van der Waals surface area (Å²) in [5.41, 5.74) is 3.12. The molecule has 3 aromatic rings.